The van der Waals surface area contributed by atoms with Crippen molar-refractivity contribution in [2.24, 2.45) is 7.05 Å². The summed E-state index contributed by atoms with van der Waals surface area (Å²) >= 11 is 13.2. The zero-order valence-corrected chi connectivity index (χ0v) is 17.9. The lowest BCUT2D eigenvalue weighted by Crippen LogP contribution is -2.15. The van der Waals surface area contributed by atoms with Gasteiger partial charge in [0.1, 0.15) is 12.4 Å². The maximum absolute atomic E-state index is 12.2. The summed E-state index contributed by atoms with van der Waals surface area (Å²) in [5, 5.41) is 22.8. The average molecular weight is 468 g/mol. The number of non-ortho nitro benzene ring substituents is 1. The summed E-state index contributed by atoms with van der Waals surface area (Å²) in [5.74, 6) is 0.708. The van der Waals surface area contributed by atoms with Crippen LogP contribution in [0.3, 0.4) is 0 Å². The number of hydrogen-bond acceptors (Lipinski definition) is 7. The molecule has 156 valence electrons. The van der Waals surface area contributed by atoms with Gasteiger partial charge in [-0.05, 0) is 18.2 Å². The summed E-state index contributed by atoms with van der Waals surface area (Å²) in [7, 11) is 1.75. The third kappa shape index (κ3) is 5.41. The molecular formula is C18H15Cl2N5O4S. The van der Waals surface area contributed by atoms with Gasteiger partial charge >= 0.3 is 0 Å². The monoisotopic (exact) mass is 467 g/mol. The van der Waals surface area contributed by atoms with Crippen molar-refractivity contribution in [2.45, 2.75) is 11.8 Å². The first kappa shape index (κ1) is 21.9. The van der Waals surface area contributed by atoms with Gasteiger partial charge in [-0.25, -0.2) is 0 Å². The second-order valence-corrected chi connectivity index (χ2v) is 7.69. The lowest BCUT2D eigenvalue weighted by molar-refractivity contribution is -0.384. The molecule has 0 aliphatic rings. The minimum Gasteiger partial charge on any atom is -0.484 e. The van der Waals surface area contributed by atoms with Crippen LogP contribution in [0, 0.1) is 10.1 Å². The Labute approximate surface area is 185 Å². The van der Waals surface area contributed by atoms with Crippen LogP contribution in [0.4, 0.5) is 11.4 Å². The molecule has 9 nitrogen and oxygen atoms in total. The predicted octanol–water partition coefficient (Wildman–Crippen LogP) is 4.34. The molecule has 2 aromatic carbocycles. The van der Waals surface area contributed by atoms with E-state index in [1.807, 2.05) is 6.07 Å². The van der Waals surface area contributed by atoms with Gasteiger partial charge < -0.3 is 14.6 Å². The SMILES string of the molecule is Cn1c(COc2ccccc2Cl)nnc1SCC(=O)Nc1cc([N+](=O)[O-])ccc1Cl. The highest BCUT2D eigenvalue weighted by molar-refractivity contribution is 7.99. The molecule has 3 rings (SSSR count). The van der Waals surface area contributed by atoms with Crippen molar-refractivity contribution in [1.29, 1.82) is 0 Å². The molecule has 1 heterocycles. The second-order valence-electron chi connectivity index (χ2n) is 5.94. The number of halogens is 2. The Hall–Kier alpha value is -2.82. The van der Waals surface area contributed by atoms with E-state index in [-0.39, 0.29) is 34.7 Å². The number of carbonyl (C=O) groups excluding carboxylic acids is 1. The number of nitro benzene ring substituents is 1. The summed E-state index contributed by atoms with van der Waals surface area (Å²) in [6.45, 7) is 0.156. The number of amides is 1. The molecule has 0 aliphatic heterocycles. The zero-order chi connectivity index (χ0) is 21.7. The normalized spacial score (nSPS) is 10.6. The fraction of sp³-hybridized carbons (Fsp3) is 0.167. The molecule has 0 unspecified atom stereocenters. The highest BCUT2D eigenvalue weighted by Crippen LogP contribution is 2.27. The third-order valence-corrected chi connectivity index (χ3v) is 5.55. The Bertz CT molecular complexity index is 1090. The minimum absolute atomic E-state index is 0.0103. The van der Waals surface area contributed by atoms with Crippen molar-refractivity contribution in [2.75, 3.05) is 11.1 Å². The number of benzene rings is 2. The molecule has 0 saturated heterocycles. The van der Waals surface area contributed by atoms with E-state index in [9.17, 15) is 14.9 Å². The van der Waals surface area contributed by atoms with E-state index >= 15 is 0 Å². The Morgan fingerprint density at radius 2 is 2.00 bits per heavy atom. The molecule has 0 bridgehead atoms. The number of rotatable bonds is 8. The van der Waals surface area contributed by atoms with Crippen LogP contribution in [0.2, 0.25) is 10.0 Å². The number of aromatic nitrogens is 3. The summed E-state index contributed by atoms with van der Waals surface area (Å²) in [6.07, 6.45) is 0. The number of thioether (sulfide) groups is 1. The third-order valence-electron chi connectivity index (χ3n) is 3.89. The number of carbonyl (C=O) groups is 1. The standard InChI is InChI=1S/C18H15Cl2N5O4S/c1-24-16(9-29-15-5-3-2-4-13(15)20)22-23-18(24)30-10-17(26)21-14-8-11(25(27)28)6-7-12(14)19/h2-8H,9-10H2,1H3,(H,21,26). The van der Waals surface area contributed by atoms with Crippen LogP contribution < -0.4 is 10.1 Å². The second kappa shape index (κ2) is 9.79. The Morgan fingerprint density at radius 3 is 2.73 bits per heavy atom. The number of ether oxygens (including phenoxy) is 1. The predicted molar refractivity (Wildman–Crippen MR) is 114 cm³/mol. The molecule has 0 saturated carbocycles. The largest absolute Gasteiger partial charge is 0.484 e. The lowest BCUT2D eigenvalue weighted by Gasteiger charge is -2.08. The summed E-state index contributed by atoms with van der Waals surface area (Å²) in [6, 6.07) is 10.9. The van der Waals surface area contributed by atoms with E-state index in [4.69, 9.17) is 27.9 Å². The van der Waals surface area contributed by atoms with Crippen molar-refractivity contribution in [3.05, 3.63) is 68.4 Å². The van der Waals surface area contributed by atoms with Crippen LogP contribution in [-0.4, -0.2) is 31.3 Å². The van der Waals surface area contributed by atoms with Crippen molar-refractivity contribution >= 4 is 52.2 Å². The van der Waals surface area contributed by atoms with Crippen LogP contribution in [-0.2, 0) is 18.4 Å². The molecule has 0 spiro atoms. The van der Waals surface area contributed by atoms with Gasteiger partial charge in [-0.15, -0.1) is 10.2 Å². The van der Waals surface area contributed by atoms with Gasteiger partial charge in [0.05, 0.1) is 26.4 Å². The number of nitro groups is 1. The number of nitrogens with zero attached hydrogens (tertiary/aromatic N) is 4. The molecule has 12 heteroatoms. The van der Waals surface area contributed by atoms with Crippen LogP contribution in [0.5, 0.6) is 5.75 Å². The van der Waals surface area contributed by atoms with Gasteiger partial charge in [-0.1, -0.05) is 47.1 Å². The average Bonchev–Trinajstić information content (AvgIpc) is 3.07. The molecule has 0 atom stereocenters. The van der Waals surface area contributed by atoms with Gasteiger partial charge in [-0.2, -0.15) is 0 Å². The van der Waals surface area contributed by atoms with Crippen LogP contribution >= 0.6 is 35.0 Å². The topological polar surface area (TPSA) is 112 Å². The fourth-order valence-electron chi connectivity index (χ4n) is 2.34. The van der Waals surface area contributed by atoms with Crippen LogP contribution in [0.25, 0.3) is 0 Å². The van der Waals surface area contributed by atoms with E-state index in [2.05, 4.69) is 15.5 Å². The summed E-state index contributed by atoms with van der Waals surface area (Å²) in [5.41, 5.74) is 0.00192. The van der Waals surface area contributed by atoms with Gasteiger partial charge in [0.25, 0.3) is 5.69 Å². The number of anilines is 1. The Morgan fingerprint density at radius 1 is 1.23 bits per heavy atom. The molecule has 3 aromatic rings. The number of hydrogen-bond donors (Lipinski definition) is 1. The lowest BCUT2D eigenvalue weighted by atomic mass is 10.3. The van der Waals surface area contributed by atoms with Crippen LogP contribution in [0.15, 0.2) is 47.6 Å². The Kier molecular flexibility index (Phi) is 7.14. The van der Waals surface area contributed by atoms with Gasteiger partial charge in [-0.3, -0.25) is 14.9 Å². The maximum Gasteiger partial charge on any atom is 0.271 e. The highest BCUT2D eigenvalue weighted by Gasteiger charge is 2.15. The van der Waals surface area contributed by atoms with Crippen molar-refractivity contribution in [3.63, 3.8) is 0 Å². The minimum atomic E-state index is -0.563. The van der Waals surface area contributed by atoms with Gasteiger partial charge in [0.2, 0.25) is 5.91 Å². The smallest absolute Gasteiger partial charge is 0.271 e. The first-order valence-corrected chi connectivity index (χ1v) is 10.2. The summed E-state index contributed by atoms with van der Waals surface area (Å²) < 4.78 is 7.36. The van der Waals surface area contributed by atoms with E-state index in [0.29, 0.717) is 21.8 Å². The molecule has 0 radical (unpaired) electrons. The van der Waals surface area contributed by atoms with Crippen LogP contribution in [0.1, 0.15) is 5.82 Å². The molecule has 1 amide bonds. The first-order valence-electron chi connectivity index (χ1n) is 8.47. The first-order chi connectivity index (χ1) is 14.3. The summed E-state index contributed by atoms with van der Waals surface area (Å²) in [4.78, 5) is 22.5. The molecule has 30 heavy (non-hydrogen) atoms. The highest BCUT2D eigenvalue weighted by atomic mass is 35.5. The van der Waals surface area contributed by atoms with E-state index in [1.54, 1.807) is 29.8 Å². The van der Waals surface area contributed by atoms with Gasteiger partial charge in [0, 0.05) is 19.2 Å². The number of nitrogens with one attached hydrogen (secondary N) is 1. The zero-order valence-electron chi connectivity index (χ0n) is 15.5. The van der Waals surface area contributed by atoms with Crippen molar-refractivity contribution in [1.82, 2.24) is 14.8 Å². The number of para-hydroxylation sites is 1. The molecule has 1 N–H and O–H groups in total. The fourth-order valence-corrected chi connectivity index (χ4v) is 3.42. The molecule has 1 aromatic heterocycles. The van der Waals surface area contributed by atoms with Gasteiger partial charge in [0.15, 0.2) is 11.0 Å². The van der Waals surface area contributed by atoms with E-state index < -0.39 is 4.92 Å². The van der Waals surface area contributed by atoms with E-state index in [0.717, 1.165) is 11.8 Å². The molecule has 0 aliphatic carbocycles. The maximum atomic E-state index is 12.2. The van der Waals surface area contributed by atoms with Crippen molar-refractivity contribution in [3.8, 4) is 5.75 Å². The molecule has 0 fully saturated rings. The van der Waals surface area contributed by atoms with Crippen molar-refractivity contribution < 1.29 is 14.5 Å². The Balaban J connectivity index is 1.57. The van der Waals surface area contributed by atoms with E-state index in [1.165, 1.54) is 18.2 Å². The quantitative estimate of drug-likeness (QED) is 0.297. The molecular weight excluding hydrogens is 453 g/mol.